The van der Waals surface area contributed by atoms with E-state index in [0.29, 0.717) is 12.5 Å². The summed E-state index contributed by atoms with van der Waals surface area (Å²) >= 11 is 0. The molecule has 2 aliphatic rings. The average Bonchev–Trinajstić information content (AvgIpc) is 3.63. The van der Waals surface area contributed by atoms with Crippen molar-refractivity contribution in [2.45, 2.75) is 64.6 Å². The second kappa shape index (κ2) is 9.38. The summed E-state index contributed by atoms with van der Waals surface area (Å²) in [5, 5.41) is 2.82. The smallest absolute Gasteiger partial charge is 0.325 e. The quantitative estimate of drug-likeness (QED) is 0.585. The number of amides is 4. The number of rotatable bonds is 9. The maximum atomic E-state index is 13.4. The molecule has 1 saturated carbocycles. The van der Waals surface area contributed by atoms with Crippen LogP contribution in [-0.2, 0) is 28.1 Å². The minimum absolute atomic E-state index is 0.0657. The summed E-state index contributed by atoms with van der Waals surface area (Å²) in [5.74, 6) is -0.111. The van der Waals surface area contributed by atoms with Crippen molar-refractivity contribution in [1.29, 1.82) is 0 Å². The van der Waals surface area contributed by atoms with Crippen LogP contribution in [0.4, 0.5) is 4.79 Å². The summed E-state index contributed by atoms with van der Waals surface area (Å²) < 4.78 is 0. The second-order valence-electron chi connectivity index (χ2n) is 9.48. The van der Waals surface area contributed by atoms with Crippen molar-refractivity contribution in [3.8, 4) is 0 Å². The van der Waals surface area contributed by atoms with E-state index in [2.05, 4.69) is 19.2 Å². The molecule has 2 atom stereocenters. The van der Waals surface area contributed by atoms with Crippen LogP contribution in [-0.4, -0.2) is 40.2 Å². The van der Waals surface area contributed by atoms with E-state index in [1.807, 2.05) is 59.5 Å². The molecule has 0 aromatic heterocycles. The lowest BCUT2D eigenvalue weighted by Gasteiger charge is -2.31. The van der Waals surface area contributed by atoms with Gasteiger partial charge in [-0.2, -0.15) is 0 Å². The van der Waals surface area contributed by atoms with Gasteiger partial charge in [0.05, 0.1) is 0 Å². The Bertz CT molecular complexity index is 1020. The summed E-state index contributed by atoms with van der Waals surface area (Å²) in [5.41, 5.74) is 1.78. The topological polar surface area (TPSA) is 69.7 Å². The van der Waals surface area contributed by atoms with Gasteiger partial charge < -0.3 is 10.2 Å². The predicted molar refractivity (Wildman–Crippen MR) is 127 cm³/mol. The molecule has 1 N–H and O–H groups in total. The molecule has 1 aliphatic heterocycles. The number of hydrogen-bond donors (Lipinski definition) is 1. The van der Waals surface area contributed by atoms with Gasteiger partial charge in [0.25, 0.3) is 5.91 Å². The van der Waals surface area contributed by atoms with Crippen molar-refractivity contribution in [2.24, 2.45) is 5.92 Å². The third-order valence-corrected chi connectivity index (χ3v) is 6.95. The number of aryl methyl sites for hydroxylation is 1. The van der Waals surface area contributed by atoms with E-state index in [4.69, 9.17) is 0 Å². The fraction of sp³-hybridized carbons (Fsp3) is 0.444. The maximum absolute atomic E-state index is 13.4. The number of imide groups is 1. The zero-order valence-corrected chi connectivity index (χ0v) is 19.7. The summed E-state index contributed by atoms with van der Waals surface area (Å²) in [6.07, 6.45) is 4.22. The van der Waals surface area contributed by atoms with Crippen LogP contribution in [0.3, 0.4) is 0 Å². The SMILES string of the molecule is CCCc1ccc(C2(C)NC(=O)N(CC(=O)N(Cc3ccccc3)C(C)C3CC3)C2=O)cc1. The Balaban J connectivity index is 1.51. The fourth-order valence-electron chi connectivity index (χ4n) is 4.63. The molecular formula is C27H33N3O3. The molecular weight excluding hydrogens is 414 g/mol. The normalized spacial score (nSPS) is 21.1. The lowest BCUT2D eigenvalue weighted by atomic mass is 9.91. The fourth-order valence-corrected chi connectivity index (χ4v) is 4.63. The summed E-state index contributed by atoms with van der Waals surface area (Å²) in [6, 6.07) is 17.2. The van der Waals surface area contributed by atoms with E-state index in [0.717, 1.165) is 41.7 Å². The number of hydrogen-bond acceptors (Lipinski definition) is 3. The third-order valence-electron chi connectivity index (χ3n) is 6.95. The van der Waals surface area contributed by atoms with Gasteiger partial charge in [0, 0.05) is 12.6 Å². The highest BCUT2D eigenvalue weighted by Gasteiger charge is 2.50. The van der Waals surface area contributed by atoms with Crippen LogP contribution < -0.4 is 5.32 Å². The Hall–Kier alpha value is -3.15. The van der Waals surface area contributed by atoms with Crippen molar-refractivity contribution in [1.82, 2.24) is 15.1 Å². The highest BCUT2D eigenvalue weighted by Crippen LogP contribution is 2.36. The van der Waals surface area contributed by atoms with Gasteiger partial charge in [-0.3, -0.25) is 14.5 Å². The standard InChI is InChI=1S/C27H33N3O3/c1-4-8-20-11-15-23(16-12-20)27(3)25(32)30(26(33)28-27)18-24(31)29(19(2)22-13-14-22)17-21-9-6-5-7-10-21/h5-7,9-12,15-16,19,22H,4,8,13-14,17-18H2,1-3H3,(H,28,33). The molecule has 4 rings (SSSR count). The van der Waals surface area contributed by atoms with Crippen LogP contribution in [0.2, 0.25) is 0 Å². The lowest BCUT2D eigenvalue weighted by Crippen LogP contribution is -2.47. The zero-order valence-electron chi connectivity index (χ0n) is 19.7. The molecule has 174 valence electrons. The van der Waals surface area contributed by atoms with Crippen LogP contribution in [0.15, 0.2) is 54.6 Å². The van der Waals surface area contributed by atoms with Crippen LogP contribution in [0.25, 0.3) is 0 Å². The van der Waals surface area contributed by atoms with Crippen molar-refractivity contribution >= 4 is 17.8 Å². The van der Waals surface area contributed by atoms with Gasteiger partial charge in [-0.1, -0.05) is 67.9 Å². The molecule has 1 saturated heterocycles. The monoisotopic (exact) mass is 447 g/mol. The van der Waals surface area contributed by atoms with Crippen LogP contribution in [0.5, 0.6) is 0 Å². The van der Waals surface area contributed by atoms with Crippen molar-refractivity contribution in [3.63, 3.8) is 0 Å². The van der Waals surface area contributed by atoms with E-state index >= 15 is 0 Å². The molecule has 2 aromatic carbocycles. The van der Waals surface area contributed by atoms with E-state index in [-0.39, 0.29) is 24.4 Å². The molecule has 6 heteroatoms. The van der Waals surface area contributed by atoms with Gasteiger partial charge >= 0.3 is 6.03 Å². The number of urea groups is 1. The van der Waals surface area contributed by atoms with Crippen molar-refractivity contribution < 1.29 is 14.4 Å². The largest absolute Gasteiger partial charge is 0.334 e. The van der Waals surface area contributed by atoms with Gasteiger partial charge in [0.1, 0.15) is 12.1 Å². The summed E-state index contributed by atoms with van der Waals surface area (Å²) in [6.45, 7) is 6.11. The molecule has 4 amide bonds. The number of nitrogens with zero attached hydrogens (tertiary/aromatic N) is 2. The Morgan fingerprint density at radius 2 is 1.76 bits per heavy atom. The van der Waals surface area contributed by atoms with E-state index in [1.165, 1.54) is 5.56 Å². The molecule has 2 fully saturated rings. The minimum atomic E-state index is -1.17. The Labute approximate surface area is 196 Å². The Morgan fingerprint density at radius 1 is 1.09 bits per heavy atom. The van der Waals surface area contributed by atoms with E-state index in [9.17, 15) is 14.4 Å². The van der Waals surface area contributed by atoms with Crippen LogP contribution in [0.1, 0.15) is 56.7 Å². The van der Waals surface area contributed by atoms with Gasteiger partial charge in [-0.15, -0.1) is 0 Å². The first-order chi connectivity index (χ1) is 15.8. The van der Waals surface area contributed by atoms with Gasteiger partial charge in [-0.25, -0.2) is 4.79 Å². The highest BCUT2D eigenvalue weighted by atomic mass is 16.2. The Kier molecular flexibility index (Phi) is 6.54. The van der Waals surface area contributed by atoms with Gasteiger partial charge in [0.15, 0.2) is 0 Å². The maximum Gasteiger partial charge on any atom is 0.325 e. The average molecular weight is 448 g/mol. The first kappa shape index (κ1) is 23.0. The second-order valence-corrected chi connectivity index (χ2v) is 9.48. The zero-order chi connectivity index (χ0) is 23.6. The molecule has 6 nitrogen and oxygen atoms in total. The molecule has 0 radical (unpaired) electrons. The molecule has 2 unspecified atom stereocenters. The van der Waals surface area contributed by atoms with Crippen molar-refractivity contribution in [3.05, 3.63) is 71.3 Å². The first-order valence-corrected chi connectivity index (χ1v) is 11.9. The van der Waals surface area contributed by atoms with Gasteiger partial charge in [0.2, 0.25) is 5.91 Å². The minimum Gasteiger partial charge on any atom is -0.334 e. The Morgan fingerprint density at radius 3 is 2.36 bits per heavy atom. The highest BCUT2D eigenvalue weighted by molar-refractivity contribution is 6.09. The first-order valence-electron chi connectivity index (χ1n) is 11.9. The summed E-state index contributed by atoms with van der Waals surface area (Å²) in [4.78, 5) is 42.4. The molecule has 33 heavy (non-hydrogen) atoms. The number of nitrogens with one attached hydrogen (secondary N) is 1. The number of benzene rings is 2. The van der Waals surface area contributed by atoms with Crippen molar-refractivity contribution in [2.75, 3.05) is 6.54 Å². The number of carbonyl (C=O) groups excluding carboxylic acids is 3. The third kappa shape index (κ3) is 4.80. The van der Waals surface area contributed by atoms with E-state index < -0.39 is 11.6 Å². The molecule has 2 aromatic rings. The molecule has 1 heterocycles. The van der Waals surface area contributed by atoms with Crippen LogP contribution >= 0.6 is 0 Å². The molecule has 0 bridgehead atoms. The molecule has 0 spiro atoms. The predicted octanol–water partition coefficient (Wildman–Crippen LogP) is 4.23. The lowest BCUT2D eigenvalue weighted by molar-refractivity contribution is -0.140. The van der Waals surface area contributed by atoms with E-state index in [1.54, 1.807) is 6.92 Å². The molecule has 1 aliphatic carbocycles. The van der Waals surface area contributed by atoms with Gasteiger partial charge in [-0.05, 0) is 55.7 Å². The summed E-state index contributed by atoms with van der Waals surface area (Å²) in [7, 11) is 0. The number of carbonyl (C=O) groups is 3. The van der Waals surface area contributed by atoms with Crippen LogP contribution in [0, 0.1) is 5.92 Å².